The molecule has 142 valence electrons. The van der Waals surface area contributed by atoms with Crippen molar-refractivity contribution in [2.75, 3.05) is 16.8 Å². The van der Waals surface area contributed by atoms with E-state index in [-0.39, 0.29) is 35.2 Å². The number of thioether (sulfide) groups is 2. The molecule has 27 heavy (non-hydrogen) atoms. The van der Waals surface area contributed by atoms with Gasteiger partial charge in [-0.15, -0.1) is 31.7 Å². The maximum atomic E-state index is 12.0. The summed E-state index contributed by atoms with van der Waals surface area (Å²) >= 11 is 5.35. The number of carbonyl (C=O) groups is 2. The highest BCUT2D eigenvalue weighted by Crippen LogP contribution is 2.25. The minimum absolute atomic E-state index is 0.0963. The van der Waals surface area contributed by atoms with Crippen LogP contribution in [0.25, 0.3) is 0 Å². The van der Waals surface area contributed by atoms with E-state index in [9.17, 15) is 9.59 Å². The van der Waals surface area contributed by atoms with Crippen molar-refractivity contribution in [2.24, 2.45) is 0 Å². The first kappa shape index (κ1) is 19.8. The van der Waals surface area contributed by atoms with E-state index in [2.05, 4.69) is 31.0 Å². The number of hydrogen-bond donors (Lipinski definition) is 2. The second-order valence-corrected chi connectivity index (χ2v) is 9.13. The molecule has 3 rings (SSSR count). The Morgan fingerprint density at radius 2 is 2.11 bits per heavy atom. The minimum atomic E-state index is -0.241. The number of aromatic nitrogens is 4. The summed E-state index contributed by atoms with van der Waals surface area (Å²) in [6, 6.07) is 3.53. The van der Waals surface area contributed by atoms with Gasteiger partial charge < -0.3 is 9.73 Å². The van der Waals surface area contributed by atoms with Crippen molar-refractivity contribution in [1.82, 2.24) is 25.7 Å². The first-order chi connectivity index (χ1) is 13.1. The summed E-state index contributed by atoms with van der Waals surface area (Å²) in [4.78, 5) is 24.4. The molecule has 2 amide bonds. The number of nitrogens with one attached hydrogen (secondary N) is 2. The van der Waals surface area contributed by atoms with Gasteiger partial charge in [0.15, 0.2) is 4.34 Å². The zero-order chi connectivity index (χ0) is 19.1. The Hall–Kier alpha value is -1.96. The second kappa shape index (κ2) is 9.82. The second-order valence-electron chi connectivity index (χ2n) is 4.76. The standard InChI is InChI=1S/C14H14N6O3S4/c1-2-24-14-20-18-12(27-14)16-9(21)7-26-13-19-17-10(23-13)6-15-11(22)8-4-3-5-25-8/h3-5H,2,6-7H2,1H3,(H,15,22)(H,16,18,21). The summed E-state index contributed by atoms with van der Waals surface area (Å²) in [6.07, 6.45) is 0. The van der Waals surface area contributed by atoms with Gasteiger partial charge in [0.05, 0.1) is 17.2 Å². The molecule has 3 aromatic rings. The molecule has 0 aromatic carbocycles. The van der Waals surface area contributed by atoms with Crippen molar-refractivity contribution in [3.63, 3.8) is 0 Å². The van der Waals surface area contributed by atoms with Crippen LogP contribution in [0.2, 0.25) is 0 Å². The molecule has 0 aliphatic heterocycles. The fourth-order valence-corrected chi connectivity index (χ4v) is 4.63. The van der Waals surface area contributed by atoms with Crippen LogP contribution in [-0.2, 0) is 11.3 Å². The Morgan fingerprint density at radius 3 is 2.89 bits per heavy atom. The molecule has 0 aliphatic carbocycles. The van der Waals surface area contributed by atoms with Gasteiger partial charge in [0.2, 0.25) is 16.9 Å². The third kappa shape index (κ3) is 6.02. The molecule has 0 aliphatic rings. The molecule has 0 saturated carbocycles. The maximum absolute atomic E-state index is 12.0. The number of hydrogen-bond acceptors (Lipinski definition) is 11. The number of anilines is 1. The van der Waals surface area contributed by atoms with Crippen LogP contribution < -0.4 is 10.6 Å². The van der Waals surface area contributed by atoms with Crippen LogP contribution in [0, 0.1) is 0 Å². The van der Waals surface area contributed by atoms with Gasteiger partial charge >= 0.3 is 0 Å². The Morgan fingerprint density at radius 1 is 1.22 bits per heavy atom. The first-order valence-corrected chi connectivity index (χ1v) is 11.3. The summed E-state index contributed by atoms with van der Waals surface area (Å²) in [6.45, 7) is 2.15. The van der Waals surface area contributed by atoms with Crippen LogP contribution in [0.15, 0.2) is 31.5 Å². The number of carbonyl (C=O) groups excluding carboxylic acids is 2. The maximum Gasteiger partial charge on any atom is 0.277 e. The van der Waals surface area contributed by atoms with E-state index in [1.165, 1.54) is 22.7 Å². The monoisotopic (exact) mass is 442 g/mol. The van der Waals surface area contributed by atoms with Crippen LogP contribution in [0.4, 0.5) is 5.13 Å². The molecule has 9 nitrogen and oxygen atoms in total. The Balaban J connectivity index is 1.42. The topological polar surface area (TPSA) is 123 Å². The van der Waals surface area contributed by atoms with Gasteiger partial charge in [0.25, 0.3) is 11.1 Å². The van der Waals surface area contributed by atoms with Crippen LogP contribution in [0.5, 0.6) is 0 Å². The van der Waals surface area contributed by atoms with Gasteiger partial charge in [0.1, 0.15) is 0 Å². The van der Waals surface area contributed by atoms with Crippen molar-refractivity contribution in [3.8, 4) is 0 Å². The normalized spacial score (nSPS) is 10.7. The van der Waals surface area contributed by atoms with E-state index >= 15 is 0 Å². The fourth-order valence-electron chi connectivity index (χ4n) is 1.74. The zero-order valence-electron chi connectivity index (χ0n) is 14.0. The van der Waals surface area contributed by atoms with Crippen LogP contribution >= 0.6 is 46.2 Å². The van der Waals surface area contributed by atoms with Crippen LogP contribution in [0.3, 0.4) is 0 Å². The van der Waals surface area contributed by atoms with Crippen molar-refractivity contribution >= 4 is 63.1 Å². The molecule has 0 spiro atoms. The van der Waals surface area contributed by atoms with Gasteiger partial charge in [0, 0.05) is 0 Å². The number of thiophene rings is 1. The van der Waals surface area contributed by atoms with E-state index in [1.54, 1.807) is 23.9 Å². The van der Waals surface area contributed by atoms with Crippen molar-refractivity contribution in [1.29, 1.82) is 0 Å². The van der Waals surface area contributed by atoms with E-state index in [0.29, 0.717) is 10.0 Å². The van der Waals surface area contributed by atoms with Gasteiger partial charge in [-0.1, -0.05) is 47.9 Å². The summed E-state index contributed by atoms with van der Waals surface area (Å²) in [5.74, 6) is 0.822. The molecule has 3 aromatic heterocycles. The van der Waals surface area contributed by atoms with E-state index < -0.39 is 0 Å². The smallest absolute Gasteiger partial charge is 0.277 e. The summed E-state index contributed by atoms with van der Waals surface area (Å²) in [5.41, 5.74) is 0. The third-order valence-corrected chi connectivity index (χ3v) is 6.38. The molecule has 0 atom stereocenters. The van der Waals surface area contributed by atoms with E-state index in [4.69, 9.17) is 4.42 Å². The summed E-state index contributed by atoms with van der Waals surface area (Å²) < 4.78 is 6.22. The lowest BCUT2D eigenvalue weighted by Crippen LogP contribution is -2.21. The average Bonchev–Trinajstić information content (AvgIpc) is 3.40. The first-order valence-electron chi connectivity index (χ1n) is 7.67. The largest absolute Gasteiger partial charge is 0.414 e. The van der Waals surface area contributed by atoms with Gasteiger partial charge in [-0.05, 0) is 17.2 Å². The molecular weight excluding hydrogens is 428 g/mol. The van der Waals surface area contributed by atoms with Gasteiger partial charge in [-0.25, -0.2) is 0 Å². The molecule has 13 heteroatoms. The number of amides is 2. The SMILES string of the molecule is CCSc1nnc(NC(=O)CSc2nnc(CNC(=O)c3cccs3)o2)s1. The third-order valence-electron chi connectivity index (χ3n) is 2.84. The summed E-state index contributed by atoms with van der Waals surface area (Å²) in [5, 5.41) is 23.5. The van der Waals surface area contributed by atoms with E-state index in [1.807, 2.05) is 12.3 Å². The summed E-state index contributed by atoms with van der Waals surface area (Å²) in [7, 11) is 0. The van der Waals surface area contributed by atoms with Gasteiger partial charge in [-0.3, -0.25) is 14.9 Å². The lowest BCUT2D eigenvalue weighted by Gasteiger charge is -1.99. The Bertz CT molecular complexity index is 894. The predicted octanol–water partition coefficient (Wildman–Crippen LogP) is 2.76. The highest BCUT2D eigenvalue weighted by atomic mass is 32.2. The quantitative estimate of drug-likeness (QED) is 0.380. The molecule has 0 unspecified atom stereocenters. The Labute approximate surface area is 170 Å². The molecule has 2 N–H and O–H groups in total. The van der Waals surface area contributed by atoms with Crippen molar-refractivity contribution in [2.45, 2.75) is 23.0 Å². The average molecular weight is 443 g/mol. The Kier molecular flexibility index (Phi) is 7.20. The fraction of sp³-hybridized carbons (Fsp3) is 0.286. The molecule has 0 bridgehead atoms. The molecule has 0 saturated heterocycles. The van der Waals surface area contributed by atoms with Crippen molar-refractivity contribution < 1.29 is 14.0 Å². The van der Waals surface area contributed by atoms with Crippen LogP contribution in [0.1, 0.15) is 22.5 Å². The molecule has 0 radical (unpaired) electrons. The number of nitrogens with zero attached hydrogens (tertiary/aromatic N) is 4. The highest BCUT2D eigenvalue weighted by molar-refractivity contribution is 8.01. The molecular formula is C14H14N6O3S4. The van der Waals surface area contributed by atoms with Gasteiger partial charge in [-0.2, -0.15) is 0 Å². The minimum Gasteiger partial charge on any atom is -0.414 e. The number of rotatable bonds is 9. The van der Waals surface area contributed by atoms with Crippen molar-refractivity contribution in [3.05, 3.63) is 28.3 Å². The van der Waals surface area contributed by atoms with E-state index in [0.717, 1.165) is 21.9 Å². The molecule has 0 fully saturated rings. The lowest BCUT2D eigenvalue weighted by molar-refractivity contribution is -0.113. The van der Waals surface area contributed by atoms with Crippen LogP contribution in [-0.4, -0.2) is 43.7 Å². The highest BCUT2D eigenvalue weighted by Gasteiger charge is 2.13. The predicted molar refractivity (Wildman–Crippen MR) is 105 cm³/mol. The lowest BCUT2D eigenvalue weighted by atomic mass is 10.4. The zero-order valence-corrected chi connectivity index (χ0v) is 17.3. The molecule has 3 heterocycles.